The number of anilines is 1. The van der Waals surface area contributed by atoms with E-state index in [0.717, 1.165) is 4.90 Å². The number of amides is 4. The fourth-order valence-corrected chi connectivity index (χ4v) is 3.50. The molecule has 1 heterocycles. The van der Waals surface area contributed by atoms with E-state index >= 15 is 0 Å². The summed E-state index contributed by atoms with van der Waals surface area (Å²) in [6.45, 7) is -1.05. The molecule has 1 aliphatic carbocycles. The molecule has 0 radical (unpaired) electrons. The molecule has 30 heavy (non-hydrogen) atoms. The second-order valence-corrected chi connectivity index (χ2v) is 7.40. The highest BCUT2D eigenvalue weighted by Crippen LogP contribution is 2.34. The number of carbonyl (C=O) groups excluding carboxylic acids is 5. The number of benzene rings is 1. The smallest absolute Gasteiger partial charge is 0.326 e. The summed E-state index contributed by atoms with van der Waals surface area (Å²) in [6, 6.07) is 6.27. The van der Waals surface area contributed by atoms with E-state index < -0.39 is 36.9 Å². The Hall–Kier alpha value is -3.49. The number of nitrogens with one attached hydrogen (secondary N) is 1. The average Bonchev–Trinajstić information content (AvgIpc) is 2.97. The van der Waals surface area contributed by atoms with Crippen LogP contribution < -0.4 is 5.32 Å². The van der Waals surface area contributed by atoms with Gasteiger partial charge in [-0.2, -0.15) is 0 Å². The molecule has 0 spiro atoms. The molecule has 1 N–H and O–H groups in total. The van der Waals surface area contributed by atoms with E-state index in [-0.39, 0.29) is 17.7 Å². The Morgan fingerprint density at radius 3 is 2.13 bits per heavy atom. The normalized spacial score (nSPS) is 20.0. The van der Waals surface area contributed by atoms with Gasteiger partial charge < -0.3 is 15.0 Å². The Kier molecular flexibility index (Phi) is 6.29. The number of hydrogen-bond acceptors (Lipinski definition) is 6. The second-order valence-electron chi connectivity index (χ2n) is 7.40. The van der Waals surface area contributed by atoms with Crippen molar-refractivity contribution < 1.29 is 28.7 Å². The second kappa shape index (κ2) is 8.89. The summed E-state index contributed by atoms with van der Waals surface area (Å²) in [5, 5.41) is 2.55. The van der Waals surface area contributed by atoms with Crippen molar-refractivity contribution in [1.82, 2.24) is 9.80 Å². The maximum atomic E-state index is 12.3. The number of allylic oxidation sites excluding steroid dienone is 2. The zero-order valence-corrected chi connectivity index (χ0v) is 16.8. The van der Waals surface area contributed by atoms with Gasteiger partial charge in [0.25, 0.3) is 11.8 Å². The third kappa shape index (κ3) is 4.56. The molecule has 1 aromatic carbocycles. The maximum Gasteiger partial charge on any atom is 0.326 e. The first-order chi connectivity index (χ1) is 14.3. The number of carbonyl (C=O) groups is 5. The van der Waals surface area contributed by atoms with Crippen LogP contribution in [0.3, 0.4) is 0 Å². The monoisotopic (exact) mass is 413 g/mol. The molecule has 9 heteroatoms. The molecule has 0 saturated carbocycles. The van der Waals surface area contributed by atoms with Gasteiger partial charge in [0.1, 0.15) is 6.54 Å². The van der Waals surface area contributed by atoms with Crippen LogP contribution >= 0.6 is 0 Å². The van der Waals surface area contributed by atoms with E-state index in [9.17, 15) is 24.0 Å². The number of likely N-dealkylation sites (tertiary alicyclic amines) is 1. The van der Waals surface area contributed by atoms with E-state index in [1.54, 1.807) is 38.4 Å². The lowest BCUT2D eigenvalue weighted by atomic mass is 9.85. The summed E-state index contributed by atoms with van der Waals surface area (Å²) in [5.41, 5.74) is 0.910. The maximum absolute atomic E-state index is 12.3. The number of esters is 1. The molecule has 1 saturated heterocycles. The third-order valence-corrected chi connectivity index (χ3v) is 5.07. The standard InChI is InChI=1S/C21H23N3O6/c1-23(2)19(27)13-7-9-14(10-8-13)22-17(25)12-30-18(26)11-24-20(28)15-5-3-4-6-16(15)21(24)29/h3-4,7-10,15-16H,5-6,11-12H2,1-2H3,(H,22,25)/t15-,16+. The van der Waals surface area contributed by atoms with Crippen LogP contribution in [0.5, 0.6) is 0 Å². The summed E-state index contributed by atoms with van der Waals surface area (Å²) in [4.78, 5) is 62.9. The highest BCUT2D eigenvalue weighted by Gasteiger charge is 2.47. The Morgan fingerprint density at radius 2 is 1.60 bits per heavy atom. The molecule has 4 amide bonds. The first-order valence-electron chi connectivity index (χ1n) is 9.55. The summed E-state index contributed by atoms with van der Waals surface area (Å²) in [7, 11) is 3.28. The molecular formula is C21H23N3O6. The summed E-state index contributed by atoms with van der Waals surface area (Å²) in [6.07, 6.45) is 4.70. The Balaban J connectivity index is 1.47. The van der Waals surface area contributed by atoms with Crippen molar-refractivity contribution in [2.75, 3.05) is 32.6 Å². The molecule has 1 aliphatic heterocycles. The minimum absolute atomic E-state index is 0.163. The lowest BCUT2D eigenvalue weighted by Crippen LogP contribution is -2.37. The van der Waals surface area contributed by atoms with E-state index in [1.165, 1.54) is 4.90 Å². The topological polar surface area (TPSA) is 113 Å². The summed E-state index contributed by atoms with van der Waals surface area (Å²) < 4.78 is 4.91. The van der Waals surface area contributed by atoms with Gasteiger partial charge in [0.2, 0.25) is 11.8 Å². The van der Waals surface area contributed by atoms with Crippen LogP contribution in [0.2, 0.25) is 0 Å². The van der Waals surface area contributed by atoms with Gasteiger partial charge in [0.05, 0.1) is 11.8 Å². The lowest BCUT2D eigenvalue weighted by Gasteiger charge is -2.14. The van der Waals surface area contributed by atoms with Crippen LogP contribution in [0.4, 0.5) is 5.69 Å². The minimum atomic E-state index is -0.828. The number of rotatable bonds is 6. The first kappa shape index (κ1) is 21.2. The zero-order chi connectivity index (χ0) is 21.8. The molecule has 158 valence electrons. The van der Waals surface area contributed by atoms with E-state index in [1.807, 2.05) is 12.2 Å². The number of nitrogens with zero attached hydrogens (tertiary/aromatic N) is 2. The van der Waals surface area contributed by atoms with E-state index in [4.69, 9.17) is 4.74 Å². The van der Waals surface area contributed by atoms with E-state index in [2.05, 4.69) is 5.32 Å². The number of hydrogen-bond donors (Lipinski definition) is 1. The van der Waals surface area contributed by atoms with Crippen LogP contribution in [-0.4, -0.2) is 66.6 Å². The van der Waals surface area contributed by atoms with Crippen molar-refractivity contribution in [3.05, 3.63) is 42.0 Å². The van der Waals surface area contributed by atoms with Crippen molar-refractivity contribution in [2.24, 2.45) is 11.8 Å². The van der Waals surface area contributed by atoms with Crippen molar-refractivity contribution in [3.8, 4) is 0 Å². The van der Waals surface area contributed by atoms with Gasteiger partial charge in [-0.05, 0) is 37.1 Å². The summed E-state index contributed by atoms with van der Waals surface area (Å²) >= 11 is 0. The molecule has 0 aromatic heterocycles. The van der Waals surface area contributed by atoms with Gasteiger partial charge in [-0.1, -0.05) is 12.2 Å². The van der Waals surface area contributed by atoms with Crippen molar-refractivity contribution in [3.63, 3.8) is 0 Å². The van der Waals surface area contributed by atoms with Crippen LogP contribution in [0, 0.1) is 11.8 Å². The molecule has 1 aromatic rings. The molecular weight excluding hydrogens is 390 g/mol. The van der Waals surface area contributed by atoms with Gasteiger partial charge in [-0.25, -0.2) is 0 Å². The highest BCUT2D eigenvalue weighted by atomic mass is 16.5. The molecule has 2 aliphatic rings. The molecule has 0 unspecified atom stereocenters. The minimum Gasteiger partial charge on any atom is -0.454 e. The third-order valence-electron chi connectivity index (χ3n) is 5.07. The molecule has 3 rings (SSSR count). The molecule has 2 atom stereocenters. The number of imide groups is 1. The summed E-state index contributed by atoms with van der Waals surface area (Å²) in [5.74, 6) is -3.14. The fraction of sp³-hybridized carbons (Fsp3) is 0.381. The van der Waals surface area contributed by atoms with Crippen molar-refractivity contribution >= 4 is 35.3 Å². The molecule has 9 nitrogen and oxygen atoms in total. The van der Waals surface area contributed by atoms with Crippen LogP contribution in [0.15, 0.2) is 36.4 Å². The van der Waals surface area contributed by atoms with Crippen molar-refractivity contribution in [2.45, 2.75) is 12.8 Å². The van der Waals surface area contributed by atoms with Gasteiger partial charge in [-0.3, -0.25) is 28.9 Å². The number of fused-ring (bicyclic) bond motifs is 1. The first-order valence-corrected chi connectivity index (χ1v) is 9.55. The van der Waals surface area contributed by atoms with Gasteiger partial charge >= 0.3 is 5.97 Å². The predicted molar refractivity (Wildman–Crippen MR) is 106 cm³/mol. The van der Waals surface area contributed by atoms with Crippen LogP contribution in [0.1, 0.15) is 23.2 Å². The predicted octanol–water partition coefficient (Wildman–Crippen LogP) is 0.821. The Labute approximate surface area is 173 Å². The van der Waals surface area contributed by atoms with Crippen molar-refractivity contribution in [1.29, 1.82) is 0 Å². The van der Waals surface area contributed by atoms with Crippen LogP contribution in [0.25, 0.3) is 0 Å². The fourth-order valence-electron chi connectivity index (χ4n) is 3.50. The molecule has 0 bridgehead atoms. The largest absolute Gasteiger partial charge is 0.454 e. The van der Waals surface area contributed by atoms with Crippen LogP contribution in [-0.2, 0) is 23.9 Å². The Morgan fingerprint density at radius 1 is 1.03 bits per heavy atom. The zero-order valence-electron chi connectivity index (χ0n) is 16.8. The number of ether oxygens (including phenoxy) is 1. The highest BCUT2D eigenvalue weighted by molar-refractivity contribution is 6.07. The SMILES string of the molecule is CN(C)C(=O)c1ccc(NC(=O)COC(=O)CN2C(=O)[C@H]3CC=CC[C@H]3C2=O)cc1. The Bertz CT molecular complexity index is 880. The molecule has 1 fully saturated rings. The van der Waals surface area contributed by atoms with E-state index in [0.29, 0.717) is 24.1 Å². The quantitative estimate of drug-likeness (QED) is 0.420. The van der Waals surface area contributed by atoms with Gasteiger partial charge in [0, 0.05) is 25.3 Å². The lowest BCUT2D eigenvalue weighted by molar-refractivity contribution is -0.154. The van der Waals surface area contributed by atoms with Gasteiger partial charge in [-0.15, -0.1) is 0 Å². The van der Waals surface area contributed by atoms with Gasteiger partial charge in [0.15, 0.2) is 6.61 Å². The average molecular weight is 413 g/mol.